The molecule has 1 unspecified atom stereocenters. The maximum absolute atomic E-state index is 10.1. The lowest BCUT2D eigenvalue weighted by molar-refractivity contribution is 0.0511. The number of nitrogens with zero attached hydrogens (tertiary/aromatic N) is 1. The van der Waals surface area contributed by atoms with Crippen LogP contribution in [0.3, 0.4) is 0 Å². The molecule has 4 aromatic rings. The van der Waals surface area contributed by atoms with Gasteiger partial charge in [-0.3, -0.25) is 4.90 Å². The summed E-state index contributed by atoms with van der Waals surface area (Å²) in [7, 11) is 0. The Labute approximate surface area is 223 Å². The third kappa shape index (κ3) is 6.10. The van der Waals surface area contributed by atoms with Crippen LogP contribution in [0.25, 0.3) is 21.9 Å². The maximum Gasteiger partial charge on any atom is 0.119 e. The van der Waals surface area contributed by atoms with Gasteiger partial charge in [-0.2, -0.15) is 0 Å². The second-order valence-electron chi connectivity index (χ2n) is 9.77. The molecular weight excluding hydrogens is 478 g/mol. The van der Waals surface area contributed by atoms with Crippen LogP contribution in [-0.2, 0) is 4.74 Å². The van der Waals surface area contributed by atoms with Gasteiger partial charge >= 0.3 is 0 Å². The molecule has 1 atom stereocenters. The van der Waals surface area contributed by atoms with Gasteiger partial charge in [0.25, 0.3) is 0 Å². The Hall–Kier alpha value is -3.58. The van der Waals surface area contributed by atoms with Gasteiger partial charge in [0, 0.05) is 12.1 Å². The van der Waals surface area contributed by atoms with Gasteiger partial charge < -0.3 is 24.8 Å². The van der Waals surface area contributed by atoms with Crippen molar-refractivity contribution < 1.29 is 24.8 Å². The lowest BCUT2D eigenvalue weighted by Gasteiger charge is -2.26. The number of aliphatic hydroxyl groups excluding tert-OH is 1. The molecule has 1 saturated heterocycles. The first-order valence-electron chi connectivity index (χ1n) is 13.3. The first kappa shape index (κ1) is 26.0. The largest absolute Gasteiger partial charge is 0.508 e. The second-order valence-corrected chi connectivity index (χ2v) is 9.77. The Morgan fingerprint density at radius 3 is 2.24 bits per heavy atom. The number of phenolic OH excluding ortho intramolecular Hbond substituents is 2. The Balaban J connectivity index is 1.48. The van der Waals surface area contributed by atoms with Crippen molar-refractivity contribution in [1.29, 1.82) is 0 Å². The highest BCUT2D eigenvalue weighted by molar-refractivity contribution is 5.93. The maximum atomic E-state index is 10.1. The SMILES string of the molecule is OCCOC(c1ccc(OCCN2CCCCC2)cc1)c1c(-c2ccc(O)cc2)ccc2cc(O)ccc12. The van der Waals surface area contributed by atoms with Gasteiger partial charge in [0.05, 0.1) is 13.2 Å². The molecule has 1 aliphatic rings. The molecule has 6 heteroatoms. The highest BCUT2D eigenvalue weighted by Gasteiger charge is 2.23. The average Bonchev–Trinajstić information content (AvgIpc) is 2.95. The minimum atomic E-state index is -0.471. The molecule has 0 aliphatic carbocycles. The molecule has 0 aromatic heterocycles. The smallest absolute Gasteiger partial charge is 0.119 e. The van der Waals surface area contributed by atoms with Crippen LogP contribution in [-0.4, -0.2) is 59.7 Å². The Bertz CT molecular complexity index is 1330. The van der Waals surface area contributed by atoms with Crippen molar-refractivity contribution in [2.75, 3.05) is 39.5 Å². The molecule has 1 heterocycles. The predicted molar refractivity (Wildman–Crippen MR) is 150 cm³/mol. The van der Waals surface area contributed by atoms with E-state index in [1.807, 2.05) is 54.6 Å². The molecule has 0 spiro atoms. The number of piperidine rings is 1. The van der Waals surface area contributed by atoms with Crippen LogP contribution in [0.5, 0.6) is 17.2 Å². The fraction of sp³-hybridized carbons (Fsp3) is 0.312. The minimum absolute atomic E-state index is 0.103. The van der Waals surface area contributed by atoms with Crippen molar-refractivity contribution in [3.63, 3.8) is 0 Å². The van der Waals surface area contributed by atoms with Crippen LogP contribution < -0.4 is 4.74 Å². The third-order valence-corrected chi connectivity index (χ3v) is 7.17. The van der Waals surface area contributed by atoms with E-state index in [1.54, 1.807) is 24.3 Å². The molecule has 0 radical (unpaired) electrons. The van der Waals surface area contributed by atoms with E-state index in [-0.39, 0.29) is 24.7 Å². The highest BCUT2D eigenvalue weighted by atomic mass is 16.5. The molecule has 1 fully saturated rings. The zero-order valence-corrected chi connectivity index (χ0v) is 21.6. The summed E-state index contributed by atoms with van der Waals surface area (Å²) in [5.74, 6) is 1.21. The Morgan fingerprint density at radius 1 is 0.763 bits per heavy atom. The molecule has 5 rings (SSSR count). The van der Waals surface area contributed by atoms with Crippen molar-refractivity contribution >= 4 is 10.8 Å². The molecule has 198 valence electrons. The number of fused-ring (bicyclic) bond motifs is 1. The quantitative estimate of drug-likeness (QED) is 0.246. The van der Waals surface area contributed by atoms with Crippen molar-refractivity contribution in [3.8, 4) is 28.4 Å². The summed E-state index contributed by atoms with van der Waals surface area (Å²) in [4.78, 5) is 2.46. The van der Waals surface area contributed by atoms with Crippen LogP contribution in [0.15, 0.2) is 78.9 Å². The fourth-order valence-electron chi connectivity index (χ4n) is 5.25. The van der Waals surface area contributed by atoms with Gasteiger partial charge in [0.1, 0.15) is 30.0 Å². The first-order valence-corrected chi connectivity index (χ1v) is 13.3. The summed E-state index contributed by atoms with van der Waals surface area (Å²) >= 11 is 0. The number of ether oxygens (including phenoxy) is 2. The van der Waals surface area contributed by atoms with E-state index < -0.39 is 6.10 Å². The number of benzene rings is 4. The number of likely N-dealkylation sites (tertiary alicyclic amines) is 1. The molecule has 0 bridgehead atoms. The molecule has 1 aliphatic heterocycles. The standard InChI is InChI=1S/C32H35NO5/c34-19-21-38-32(24-6-12-28(13-7-24)37-20-18-33-16-2-1-3-17-33)31-29(23-4-9-26(35)10-5-23)14-8-25-22-27(36)11-15-30(25)31/h4-15,22,32,34-36H,1-3,16-21H2. The third-order valence-electron chi connectivity index (χ3n) is 7.17. The molecule has 3 N–H and O–H groups in total. The van der Waals surface area contributed by atoms with Crippen LogP contribution in [0.1, 0.15) is 36.5 Å². The molecule has 6 nitrogen and oxygen atoms in total. The van der Waals surface area contributed by atoms with E-state index >= 15 is 0 Å². The molecule has 0 saturated carbocycles. The van der Waals surface area contributed by atoms with E-state index in [0.29, 0.717) is 6.61 Å². The van der Waals surface area contributed by atoms with Crippen LogP contribution in [0, 0.1) is 0 Å². The zero-order valence-electron chi connectivity index (χ0n) is 21.6. The minimum Gasteiger partial charge on any atom is -0.508 e. The fourth-order valence-corrected chi connectivity index (χ4v) is 5.25. The van der Waals surface area contributed by atoms with E-state index in [2.05, 4.69) is 4.90 Å². The number of rotatable bonds is 10. The molecule has 0 amide bonds. The van der Waals surface area contributed by atoms with Crippen molar-refractivity contribution in [2.45, 2.75) is 25.4 Å². The van der Waals surface area contributed by atoms with Gasteiger partial charge in [-0.25, -0.2) is 0 Å². The van der Waals surface area contributed by atoms with Gasteiger partial charge in [-0.15, -0.1) is 0 Å². The van der Waals surface area contributed by atoms with Gasteiger partial charge in [0.2, 0.25) is 0 Å². The number of hydrogen-bond donors (Lipinski definition) is 3. The van der Waals surface area contributed by atoms with Gasteiger partial charge in [-0.1, -0.05) is 48.9 Å². The Kier molecular flexibility index (Phi) is 8.44. The first-order chi connectivity index (χ1) is 18.6. The Morgan fingerprint density at radius 2 is 1.50 bits per heavy atom. The summed E-state index contributed by atoms with van der Waals surface area (Å²) in [6.45, 7) is 3.96. The summed E-state index contributed by atoms with van der Waals surface area (Å²) in [6, 6.07) is 24.4. The second kappa shape index (κ2) is 12.3. The van der Waals surface area contributed by atoms with Gasteiger partial charge in [0.15, 0.2) is 0 Å². The summed E-state index contributed by atoms with van der Waals surface area (Å²) in [5, 5.41) is 31.4. The van der Waals surface area contributed by atoms with E-state index in [4.69, 9.17) is 9.47 Å². The van der Waals surface area contributed by atoms with E-state index in [9.17, 15) is 15.3 Å². The number of phenols is 2. The normalized spacial score (nSPS) is 15.0. The summed E-state index contributed by atoms with van der Waals surface area (Å²) in [6.07, 6.45) is 3.39. The zero-order chi connectivity index (χ0) is 26.3. The van der Waals surface area contributed by atoms with Crippen molar-refractivity contribution in [3.05, 3.63) is 90.0 Å². The summed E-state index contributed by atoms with van der Waals surface area (Å²) in [5.41, 5.74) is 3.75. The summed E-state index contributed by atoms with van der Waals surface area (Å²) < 4.78 is 12.3. The van der Waals surface area contributed by atoms with Crippen LogP contribution in [0.2, 0.25) is 0 Å². The van der Waals surface area contributed by atoms with Crippen molar-refractivity contribution in [2.24, 2.45) is 0 Å². The topological polar surface area (TPSA) is 82.4 Å². The average molecular weight is 514 g/mol. The van der Waals surface area contributed by atoms with E-state index in [0.717, 1.165) is 58.4 Å². The number of aliphatic hydroxyl groups is 1. The highest BCUT2D eigenvalue weighted by Crippen LogP contribution is 2.40. The lowest BCUT2D eigenvalue weighted by atomic mass is 9.88. The molecule has 4 aromatic carbocycles. The number of aromatic hydroxyl groups is 2. The lowest BCUT2D eigenvalue weighted by Crippen LogP contribution is -2.33. The van der Waals surface area contributed by atoms with E-state index in [1.165, 1.54) is 19.3 Å². The number of hydrogen-bond acceptors (Lipinski definition) is 6. The van der Waals surface area contributed by atoms with Crippen LogP contribution >= 0.6 is 0 Å². The van der Waals surface area contributed by atoms with Gasteiger partial charge in [-0.05, 0) is 89.8 Å². The monoisotopic (exact) mass is 513 g/mol. The molecular formula is C32H35NO5. The van der Waals surface area contributed by atoms with Crippen molar-refractivity contribution in [1.82, 2.24) is 4.90 Å². The predicted octanol–water partition coefficient (Wildman–Crippen LogP) is 5.88. The van der Waals surface area contributed by atoms with Crippen LogP contribution in [0.4, 0.5) is 0 Å². The molecule has 38 heavy (non-hydrogen) atoms.